The van der Waals surface area contributed by atoms with Gasteiger partial charge in [-0.05, 0) is 49.2 Å². The highest BCUT2D eigenvalue weighted by molar-refractivity contribution is 5.93. The highest BCUT2D eigenvalue weighted by atomic mass is 16.3. The van der Waals surface area contributed by atoms with Gasteiger partial charge in [-0.25, -0.2) is 0 Å². The molecule has 6 heteroatoms. The standard InChI is InChI=1S/C21H24N4O2/c26-21(19-13-18(23-24-19)20-9-6-12-27-20)22-14-16-7-2-3-8-17(16)15-25-10-4-1-5-11-25/h2-3,6-9,12-13H,1,4-5,10-11,14-15H2,(H,22,26)(H,23,24). The van der Waals surface area contributed by atoms with Crippen molar-refractivity contribution in [3.05, 3.63) is 65.5 Å². The molecule has 0 unspecified atom stereocenters. The van der Waals surface area contributed by atoms with E-state index in [9.17, 15) is 4.79 Å². The maximum Gasteiger partial charge on any atom is 0.272 e. The number of aromatic amines is 1. The van der Waals surface area contributed by atoms with E-state index in [0.717, 1.165) is 25.2 Å². The van der Waals surface area contributed by atoms with E-state index in [1.807, 2.05) is 12.1 Å². The number of rotatable bonds is 6. The lowest BCUT2D eigenvalue weighted by atomic mass is 10.0. The second-order valence-electron chi connectivity index (χ2n) is 6.93. The minimum absolute atomic E-state index is 0.197. The Kier molecular flexibility index (Phi) is 5.34. The summed E-state index contributed by atoms with van der Waals surface area (Å²) in [4.78, 5) is 15.0. The summed E-state index contributed by atoms with van der Waals surface area (Å²) in [5, 5.41) is 9.92. The van der Waals surface area contributed by atoms with Crippen molar-refractivity contribution < 1.29 is 9.21 Å². The molecule has 4 rings (SSSR count). The second-order valence-corrected chi connectivity index (χ2v) is 6.93. The molecule has 1 aliphatic heterocycles. The third kappa shape index (κ3) is 4.28. The van der Waals surface area contributed by atoms with E-state index < -0.39 is 0 Å². The molecule has 0 spiro atoms. The predicted octanol–water partition coefficient (Wildman–Crippen LogP) is 3.59. The normalized spacial score (nSPS) is 15.0. The Hall–Kier alpha value is -2.86. The van der Waals surface area contributed by atoms with Gasteiger partial charge in [0.2, 0.25) is 0 Å². The van der Waals surface area contributed by atoms with Crippen molar-refractivity contribution in [2.45, 2.75) is 32.4 Å². The molecular weight excluding hydrogens is 340 g/mol. The Morgan fingerprint density at radius 3 is 2.70 bits per heavy atom. The van der Waals surface area contributed by atoms with Crippen molar-refractivity contribution in [2.24, 2.45) is 0 Å². The highest BCUT2D eigenvalue weighted by Crippen LogP contribution is 2.18. The number of nitrogens with zero attached hydrogens (tertiary/aromatic N) is 2. The number of nitrogens with one attached hydrogen (secondary N) is 2. The van der Waals surface area contributed by atoms with Crippen LogP contribution in [0.3, 0.4) is 0 Å². The van der Waals surface area contributed by atoms with Crippen LogP contribution in [0.15, 0.2) is 53.1 Å². The molecule has 6 nitrogen and oxygen atoms in total. The number of amides is 1. The molecule has 3 heterocycles. The van der Waals surface area contributed by atoms with E-state index >= 15 is 0 Å². The molecule has 0 bridgehead atoms. The van der Waals surface area contributed by atoms with E-state index in [4.69, 9.17) is 4.42 Å². The number of hydrogen-bond acceptors (Lipinski definition) is 4. The van der Waals surface area contributed by atoms with E-state index in [0.29, 0.717) is 23.7 Å². The predicted molar refractivity (Wildman–Crippen MR) is 103 cm³/mol. The fourth-order valence-corrected chi connectivity index (χ4v) is 3.50. The Labute approximate surface area is 158 Å². The van der Waals surface area contributed by atoms with Gasteiger partial charge in [-0.15, -0.1) is 0 Å². The Morgan fingerprint density at radius 2 is 1.93 bits per heavy atom. The smallest absolute Gasteiger partial charge is 0.272 e. The molecule has 27 heavy (non-hydrogen) atoms. The van der Waals surface area contributed by atoms with Crippen LogP contribution in [0.1, 0.15) is 40.9 Å². The van der Waals surface area contributed by atoms with Crippen LogP contribution < -0.4 is 5.32 Å². The molecule has 0 aliphatic carbocycles. The summed E-state index contributed by atoms with van der Waals surface area (Å²) in [7, 11) is 0. The zero-order chi connectivity index (χ0) is 18.5. The second kappa shape index (κ2) is 8.22. The molecule has 0 saturated carbocycles. The van der Waals surface area contributed by atoms with Crippen molar-refractivity contribution in [1.82, 2.24) is 20.4 Å². The van der Waals surface area contributed by atoms with Crippen LogP contribution in [0, 0.1) is 0 Å². The number of carbonyl (C=O) groups is 1. The van der Waals surface area contributed by atoms with Gasteiger partial charge < -0.3 is 9.73 Å². The minimum atomic E-state index is -0.197. The van der Waals surface area contributed by atoms with Gasteiger partial charge >= 0.3 is 0 Å². The summed E-state index contributed by atoms with van der Waals surface area (Å²) >= 11 is 0. The molecular formula is C21H24N4O2. The molecule has 1 aromatic carbocycles. The van der Waals surface area contributed by atoms with E-state index in [1.54, 1.807) is 18.4 Å². The molecule has 0 radical (unpaired) electrons. The largest absolute Gasteiger partial charge is 0.463 e. The first-order chi connectivity index (χ1) is 13.3. The van der Waals surface area contributed by atoms with Crippen LogP contribution in [-0.4, -0.2) is 34.1 Å². The van der Waals surface area contributed by atoms with E-state index in [1.165, 1.54) is 24.8 Å². The van der Waals surface area contributed by atoms with Gasteiger partial charge in [0.05, 0.1) is 6.26 Å². The maximum atomic E-state index is 12.5. The highest BCUT2D eigenvalue weighted by Gasteiger charge is 2.15. The van der Waals surface area contributed by atoms with E-state index in [-0.39, 0.29) is 5.91 Å². The van der Waals surface area contributed by atoms with Gasteiger partial charge in [-0.3, -0.25) is 14.8 Å². The van der Waals surface area contributed by atoms with Gasteiger partial charge in [0.15, 0.2) is 11.5 Å². The SMILES string of the molecule is O=C(NCc1ccccc1CN1CCCCC1)c1cc(-c2ccco2)[nH]n1. The molecule has 2 aromatic heterocycles. The molecule has 1 fully saturated rings. The third-order valence-electron chi connectivity index (χ3n) is 5.00. The molecule has 2 N–H and O–H groups in total. The lowest BCUT2D eigenvalue weighted by Crippen LogP contribution is -2.30. The molecule has 3 aromatic rings. The average Bonchev–Trinajstić information content (AvgIpc) is 3.39. The van der Waals surface area contributed by atoms with Gasteiger partial charge in [0.1, 0.15) is 5.69 Å². The van der Waals surface area contributed by atoms with Crippen LogP contribution in [0.2, 0.25) is 0 Å². The van der Waals surface area contributed by atoms with Crippen LogP contribution in [0.4, 0.5) is 0 Å². The molecule has 1 aliphatic rings. The minimum Gasteiger partial charge on any atom is -0.463 e. The summed E-state index contributed by atoms with van der Waals surface area (Å²) in [6.45, 7) is 3.75. The van der Waals surface area contributed by atoms with Gasteiger partial charge in [0.25, 0.3) is 5.91 Å². The molecule has 0 atom stereocenters. The number of benzene rings is 1. The van der Waals surface area contributed by atoms with Crippen molar-refractivity contribution >= 4 is 5.91 Å². The van der Waals surface area contributed by atoms with Crippen LogP contribution >= 0.6 is 0 Å². The Balaban J connectivity index is 1.39. The summed E-state index contributed by atoms with van der Waals surface area (Å²) in [5.74, 6) is 0.463. The van der Waals surface area contributed by atoms with E-state index in [2.05, 4.69) is 38.6 Å². The summed E-state index contributed by atoms with van der Waals surface area (Å²) in [6, 6.07) is 13.6. The first-order valence-corrected chi connectivity index (χ1v) is 9.46. The van der Waals surface area contributed by atoms with Gasteiger partial charge in [-0.2, -0.15) is 5.10 Å². The molecule has 1 saturated heterocycles. The third-order valence-corrected chi connectivity index (χ3v) is 5.00. The first kappa shape index (κ1) is 17.5. The Morgan fingerprint density at radius 1 is 1.11 bits per heavy atom. The van der Waals surface area contributed by atoms with Gasteiger partial charge in [-0.1, -0.05) is 30.7 Å². The fourth-order valence-electron chi connectivity index (χ4n) is 3.50. The zero-order valence-corrected chi connectivity index (χ0v) is 15.3. The van der Waals surface area contributed by atoms with Crippen LogP contribution in [-0.2, 0) is 13.1 Å². The van der Waals surface area contributed by atoms with Crippen molar-refractivity contribution in [2.75, 3.05) is 13.1 Å². The molecule has 1 amide bonds. The number of piperidine rings is 1. The lowest BCUT2D eigenvalue weighted by molar-refractivity contribution is 0.0945. The number of hydrogen-bond donors (Lipinski definition) is 2. The Bertz CT molecular complexity index is 879. The average molecular weight is 364 g/mol. The number of H-pyrrole nitrogens is 1. The zero-order valence-electron chi connectivity index (χ0n) is 15.3. The number of carbonyl (C=O) groups excluding carboxylic acids is 1. The van der Waals surface area contributed by atoms with Crippen molar-refractivity contribution in [1.29, 1.82) is 0 Å². The van der Waals surface area contributed by atoms with Gasteiger partial charge in [0, 0.05) is 19.2 Å². The summed E-state index contributed by atoms with van der Waals surface area (Å²) in [6.07, 6.45) is 5.47. The topological polar surface area (TPSA) is 74.2 Å². The van der Waals surface area contributed by atoms with Crippen LogP contribution in [0.25, 0.3) is 11.5 Å². The number of furan rings is 1. The quantitative estimate of drug-likeness (QED) is 0.701. The number of likely N-dealkylation sites (tertiary alicyclic amines) is 1. The van der Waals surface area contributed by atoms with Crippen LogP contribution in [0.5, 0.6) is 0 Å². The van der Waals surface area contributed by atoms with Crippen molar-refractivity contribution in [3.8, 4) is 11.5 Å². The monoisotopic (exact) mass is 364 g/mol. The summed E-state index contributed by atoms with van der Waals surface area (Å²) in [5.41, 5.74) is 3.47. The fraction of sp³-hybridized carbons (Fsp3) is 0.333. The molecule has 140 valence electrons. The maximum absolute atomic E-state index is 12.5. The number of aromatic nitrogens is 2. The summed E-state index contributed by atoms with van der Waals surface area (Å²) < 4.78 is 5.32. The lowest BCUT2D eigenvalue weighted by Gasteiger charge is -2.27. The first-order valence-electron chi connectivity index (χ1n) is 9.46. The van der Waals surface area contributed by atoms with Crippen molar-refractivity contribution in [3.63, 3.8) is 0 Å².